The van der Waals surface area contributed by atoms with Crippen molar-refractivity contribution in [1.29, 1.82) is 0 Å². The lowest BCUT2D eigenvalue weighted by Gasteiger charge is -2.16. The van der Waals surface area contributed by atoms with Crippen molar-refractivity contribution in [3.05, 3.63) is 206 Å². The third kappa shape index (κ3) is 6.78. The van der Waals surface area contributed by atoms with E-state index in [0.717, 1.165) is 72.1 Å². The summed E-state index contributed by atoms with van der Waals surface area (Å²) in [5.74, 6) is 3.50. The smallest absolute Gasteiger partial charge is 0.166 e. The Morgan fingerprint density at radius 2 is 0.738 bits per heavy atom. The fraction of sp³-hybridized carbons (Fsp3) is 0. The van der Waals surface area contributed by atoms with E-state index in [1.807, 2.05) is 146 Å². The third-order valence-electron chi connectivity index (χ3n) is 10.8. The van der Waals surface area contributed by atoms with Crippen molar-refractivity contribution in [1.82, 2.24) is 39.5 Å². The lowest BCUT2D eigenvalue weighted by Crippen LogP contribution is -2.04. The van der Waals surface area contributed by atoms with Gasteiger partial charge >= 0.3 is 0 Å². The first-order valence-electron chi connectivity index (χ1n) is 20.1. The molecule has 8 nitrogen and oxygen atoms in total. The van der Waals surface area contributed by atoms with Crippen molar-refractivity contribution in [3.8, 4) is 85.3 Å². The fourth-order valence-corrected chi connectivity index (χ4v) is 7.84. The fourth-order valence-electron chi connectivity index (χ4n) is 7.84. The van der Waals surface area contributed by atoms with Gasteiger partial charge in [-0.3, -0.25) is 4.98 Å². The van der Waals surface area contributed by atoms with E-state index < -0.39 is 0 Å². The largest absolute Gasteiger partial charge is 0.308 e. The Morgan fingerprint density at radius 3 is 1.26 bits per heavy atom. The number of hydrogen-bond acceptors (Lipinski definition) is 7. The minimum atomic E-state index is 0.542. The number of pyridine rings is 1. The van der Waals surface area contributed by atoms with Gasteiger partial charge in [0.2, 0.25) is 0 Å². The van der Waals surface area contributed by atoms with Crippen LogP contribution in [0, 0.1) is 0 Å². The molecule has 0 aliphatic carbocycles. The SMILES string of the molecule is c1ccc(-c2nc(-c3ccccc3)nc(-c3ccc4c5ccccc5n(-c5ccc(-c6ccccn6)cc5-c5nc(-c6ccccc6)nc(-c6ccccc6)n5)c4c3)n2)cc1. The summed E-state index contributed by atoms with van der Waals surface area (Å²) in [5.41, 5.74) is 10.0. The van der Waals surface area contributed by atoms with Crippen LogP contribution in [0.5, 0.6) is 0 Å². The molecular weight excluding hydrogens is 749 g/mol. The Morgan fingerprint density at radius 1 is 0.295 bits per heavy atom. The normalized spacial score (nSPS) is 11.3. The van der Waals surface area contributed by atoms with E-state index in [-0.39, 0.29) is 0 Å². The van der Waals surface area contributed by atoms with Crippen LogP contribution < -0.4 is 0 Å². The van der Waals surface area contributed by atoms with Gasteiger partial charge in [-0.1, -0.05) is 164 Å². The van der Waals surface area contributed by atoms with Crippen molar-refractivity contribution in [2.75, 3.05) is 0 Å². The first-order chi connectivity index (χ1) is 30.2. The molecule has 11 rings (SSSR count). The first-order valence-corrected chi connectivity index (χ1v) is 20.1. The van der Waals surface area contributed by atoms with Crippen LogP contribution in [0.4, 0.5) is 0 Å². The van der Waals surface area contributed by atoms with Gasteiger partial charge in [0, 0.05) is 55.9 Å². The van der Waals surface area contributed by atoms with Gasteiger partial charge in [-0.2, -0.15) is 0 Å². The number of hydrogen-bond donors (Lipinski definition) is 0. The highest BCUT2D eigenvalue weighted by Crippen LogP contribution is 2.39. The Hall–Kier alpha value is -8.49. The van der Waals surface area contributed by atoms with Gasteiger partial charge in [-0.25, -0.2) is 29.9 Å². The van der Waals surface area contributed by atoms with Gasteiger partial charge < -0.3 is 4.57 Å². The molecule has 4 aromatic heterocycles. The summed E-state index contributed by atoms with van der Waals surface area (Å²) in [4.78, 5) is 35.3. The monoisotopic (exact) mass is 782 g/mol. The molecule has 0 saturated carbocycles. The van der Waals surface area contributed by atoms with Crippen LogP contribution in [0.15, 0.2) is 206 Å². The molecule has 0 N–H and O–H groups in total. The van der Waals surface area contributed by atoms with Crippen molar-refractivity contribution in [2.45, 2.75) is 0 Å². The van der Waals surface area contributed by atoms with Gasteiger partial charge in [0.25, 0.3) is 0 Å². The first kappa shape index (κ1) is 35.7. The van der Waals surface area contributed by atoms with E-state index >= 15 is 0 Å². The molecule has 8 heteroatoms. The number of aromatic nitrogens is 8. The van der Waals surface area contributed by atoms with Gasteiger partial charge in [-0.05, 0) is 36.4 Å². The van der Waals surface area contributed by atoms with Crippen molar-refractivity contribution in [3.63, 3.8) is 0 Å². The van der Waals surface area contributed by atoms with Crippen LogP contribution in [-0.4, -0.2) is 39.5 Å². The molecule has 7 aromatic carbocycles. The highest BCUT2D eigenvalue weighted by molar-refractivity contribution is 6.10. The number of nitrogens with zero attached hydrogens (tertiary/aromatic N) is 8. The third-order valence-corrected chi connectivity index (χ3v) is 10.8. The summed E-state index contributed by atoms with van der Waals surface area (Å²) in [5, 5.41) is 2.20. The summed E-state index contributed by atoms with van der Waals surface area (Å²) in [7, 11) is 0. The van der Waals surface area contributed by atoms with E-state index in [1.54, 1.807) is 0 Å². The molecule has 0 aliphatic rings. The average molecular weight is 783 g/mol. The molecule has 0 fully saturated rings. The Bertz CT molecular complexity index is 3220. The quantitative estimate of drug-likeness (QED) is 0.151. The van der Waals surface area contributed by atoms with E-state index in [0.29, 0.717) is 34.9 Å². The van der Waals surface area contributed by atoms with Crippen LogP contribution in [0.3, 0.4) is 0 Å². The zero-order valence-electron chi connectivity index (χ0n) is 32.7. The minimum Gasteiger partial charge on any atom is -0.308 e. The highest BCUT2D eigenvalue weighted by Gasteiger charge is 2.22. The predicted molar refractivity (Wildman–Crippen MR) is 243 cm³/mol. The van der Waals surface area contributed by atoms with Crippen LogP contribution in [-0.2, 0) is 0 Å². The van der Waals surface area contributed by atoms with Gasteiger partial charge in [0.15, 0.2) is 34.9 Å². The predicted octanol–water partition coefficient (Wildman–Crippen LogP) is 12.2. The van der Waals surface area contributed by atoms with Gasteiger partial charge in [0.05, 0.1) is 22.4 Å². The highest BCUT2D eigenvalue weighted by atomic mass is 15.1. The van der Waals surface area contributed by atoms with E-state index in [2.05, 4.69) is 65.2 Å². The van der Waals surface area contributed by atoms with Crippen molar-refractivity contribution < 1.29 is 0 Å². The maximum atomic E-state index is 5.22. The van der Waals surface area contributed by atoms with Crippen molar-refractivity contribution >= 4 is 21.8 Å². The lowest BCUT2D eigenvalue weighted by atomic mass is 10.0. The summed E-state index contributed by atoms with van der Waals surface area (Å²) in [6.07, 6.45) is 1.81. The molecule has 61 heavy (non-hydrogen) atoms. The average Bonchev–Trinajstić information content (AvgIpc) is 3.68. The van der Waals surface area contributed by atoms with Crippen LogP contribution in [0.2, 0.25) is 0 Å². The molecule has 0 saturated heterocycles. The molecule has 0 bridgehead atoms. The summed E-state index contributed by atoms with van der Waals surface area (Å²) >= 11 is 0. The summed E-state index contributed by atoms with van der Waals surface area (Å²) < 4.78 is 2.30. The second kappa shape index (κ2) is 15.4. The molecule has 11 aromatic rings. The Labute approximate surface area is 351 Å². The molecule has 0 spiro atoms. The number of para-hydroxylation sites is 1. The number of rotatable bonds is 8. The Balaban J connectivity index is 1.17. The Kier molecular flexibility index (Phi) is 8.98. The standard InChI is InChI=1S/C53H34N8/c1-5-17-35(18-6-1)48-55-49(36-19-7-2-8-20-36)58-52(57-48)40-28-30-42-41-25-13-14-27-45(41)61(47(42)34-40)46-31-29-39(44-26-15-16-32-54-44)33-43(46)53-59-50(37-21-9-3-10-22-37)56-51(60-53)38-23-11-4-12-24-38/h1-34H. The van der Waals surface area contributed by atoms with Crippen molar-refractivity contribution in [2.24, 2.45) is 0 Å². The number of benzene rings is 7. The molecule has 0 unspecified atom stereocenters. The van der Waals surface area contributed by atoms with Gasteiger partial charge in [0.1, 0.15) is 0 Å². The maximum Gasteiger partial charge on any atom is 0.166 e. The molecular formula is C53H34N8. The molecule has 0 radical (unpaired) electrons. The molecule has 0 aliphatic heterocycles. The summed E-state index contributed by atoms with van der Waals surface area (Å²) in [6.45, 7) is 0. The van der Waals surface area contributed by atoms with E-state index in [9.17, 15) is 0 Å². The van der Waals surface area contributed by atoms with E-state index in [4.69, 9.17) is 34.9 Å². The zero-order valence-corrected chi connectivity index (χ0v) is 32.7. The zero-order chi connectivity index (χ0) is 40.5. The van der Waals surface area contributed by atoms with Crippen LogP contribution >= 0.6 is 0 Å². The minimum absolute atomic E-state index is 0.542. The van der Waals surface area contributed by atoms with Gasteiger partial charge in [-0.15, -0.1) is 0 Å². The lowest BCUT2D eigenvalue weighted by molar-refractivity contribution is 1.06. The molecule has 4 heterocycles. The molecule has 0 amide bonds. The second-order valence-electron chi connectivity index (χ2n) is 14.6. The van der Waals surface area contributed by atoms with Crippen LogP contribution in [0.25, 0.3) is 107 Å². The van der Waals surface area contributed by atoms with E-state index in [1.165, 1.54) is 0 Å². The summed E-state index contributed by atoms with van der Waals surface area (Å²) in [6, 6.07) is 67.5. The maximum absolute atomic E-state index is 5.22. The van der Waals surface area contributed by atoms with Crippen LogP contribution in [0.1, 0.15) is 0 Å². The molecule has 0 atom stereocenters. The topological polar surface area (TPSA) is 95.2 Å². The molecule has 286 valence electrons. The second-order valence-corrected chi connectivity index (χ2v) is 14.6. The number of fused-ring (bicyclic) bond motifs is 3.